The first-order valence-electron chi connectivity index (χ1n) is 4.78. The molecule has 0 atom stereocenters. The smallest absolute Gasteiger partial charge is 0.181 e. The summed E-state index contributed by atoms with van der Waals surface area (Å²) in [5.74, 6) is 0.856. The summed E-state index contributed by atoms with van der Waals surface area (Å²) in [5, 5.41) is 0.714. The van der Waals surface area contributed by atoms with Crippen LogP contribution in [0.25, 0.3) is 11.3 Å². The van der Waals surface area contributed by atoms with Gasteiger partial charge in [-0.2, -0.15) is 0 Å². The lowest BCUT2D eigenvalue weighted by Gasteiger charge is -2.03. The Kier molecular flexibility index (Phi) is 2.91. The normalized spacial score (nSPS) is 10.6. The zero-order chi connectivity index (χ0) is 10.8. The van der Waals surface area contributed by atoms with E-state index in [1.165, 1.54) is 17.5 Å². The molecule has 2 rings (SSSR count). The second kappa shape index (κ2) is 4.19. The minimum Gasteiger partial charge on any atom is -0.443 e. The Morgan fingerprint density at radius 2 is 2.07 bits per heavy atom. The van der Waals surface area contributed by atoms with E-state index in [-0.39, 0.29) is 0 Å². The van der Waals surface area contributed by atoms with E-state index in [1.807, 2.05) is 0 Å². The summed E-state index contributed by atoms with van der Waals surface area (Å²) in [6.45, 7) is 4.20. The first-order chi connectivity index (χ1) is 7.22. The minimum atomic E-state index is 0.714. The maximum absolute atomic E-state index is 5.40. The average molecular weight is 266 g/mol. The summed E-state index contributed by atoms with van der Waals surface area (Å²) >= 11 is 3.40. The van der Waals surface area contributed by atoms with Gasteiger partial charge in [0.1, 0.15) is 0 Å². The van der Waals surface area contributed by atoms with Gasteiger partial charge in [-0.1, -0.05) is 28.1 Å². The van der Waals surface area contributed by atoms with Gasteiger partial charge >= 0.3 is 0 Å². The molecule has 1 aromatic carbocycles. The van der Waals surface area contributed by atoms with E-state index >= 15 is 0 Å². The van der Waals surface area contributed by atoms with E-state index in [0.717, 1.165) is 17.0 Å². The topological polar surface area (TPSA) is 26.0 Å². The van der Waals surface area contributed by atoms with Crippen molar-refractivity contribution < 1.29 is 4.42 Å². The van der Waals surface area contributed by atoms with Crippen LogP contribution in [0.4, 0.5) is 0 Å². The van der Waals surface area contributed by atoms with Crippen LogP contribution in [0.5, 0.6) is 0 Å². The summed E-state index contributed by atoms with van der Waals surface area (Å²) < 4.78 is 5.40. The Morgan fingerprint density at radius 1 is 1.27 bits per heavy atom. The van der Waals surface area contributed by atoms with Gasteiger partial charge in [-0.05, 0) is 31.0 Å². The summed E-state index contributed by atoms with van der Waals surface area (Å²) in [5.41, 5.74) is 4.59. The largest absolute Gasteiger partial charge is 0.443 e. The first-order valence-corrected chi connectivity index (χ1v) is 5.90. The molecule has 0 aliphatic rings. The molecule has 0 spiro atoms. The average Bonchev–Trinajstić information content (AvgIpc) is 2.70. The minimum absolute atomic E-state index is 0.714. The zero-order valence-electron chi connectivity index (χ0n) is 8.75. The number of benzene rings is 1. The van der Waals surface area contributed by atoms with Gasteiger partial charge in [-0.3, -0.25) is 0 Å². The van der Waals surface area contributed by atoms with Crippen molar-refractivity contribution in [2.75, 3.05) is 0 Å². The third-order valence-electron chi connectivity index (χ3n) is 2.54. The summed E-state index contributed by atoms with van der Waals surface area (Å²) in [6, 6.07) is 6.29. The van der Waals surface area contributed by atoms with E-state index in [1.54, 1.807) is 0 Å². The fourth-order valence-electron chi connectivity index (χ4n) is 1.48. The van der Waals surface area contributed by atoms with Crippen LogP contribution < -0.4 is 0 Å². The molecule has 0 aliphatic carbocycles. The molecule has 0 radical (unpaired) electrons. The number of aromatic nitrogens is 1. The Bertz CT molecular complexity index is 476. The SMILES string of the molecule is Cc1ccc(-c2ocnc2CBr)cc1C. The highest BCUT2D eigenvalue weighted by Gasteiger charge is 2.09. The summed E-state index contributed by atoms with van der Waals surface area (Å²) in [4.78, 5) is 4.15. The Labute approximate surface area is 97.5 Å². The number of rotatable bonds is 2. The number of alkyl halides is 1. The number of halogens is 1. The van der Waals surface area contributed by atoms with Crippen molar-refractivity contribution in [2.24, 2.45) is 0 Å². The standard InChI is InChI=1S/C12H12BrNO/c1-8-3-4-10(5-9(8)2)12-11(6-13)14-7-15-12/h3-5,7H,6H2,1-2H3. The van der Waals surface area contributed by atoms with Gasteiger partial charge in [0.15, 0.2) is 12.2 Å². The molecule has 0 unspecified atom stereocenters. The van der Waals surface area contributed by atoms with Crippen molar-refractivity contribution in [1.82, 2.24) is 4.98 Å². The van der Waals surface area contributed by atoms with Crippen LogP contribution in [-0.4, -0.2) is 4.98 Å². The van der Waals surface area contributed by atoms with Crippen molar-refractivity contribution >= 4 is 15.9 Å². The predicted molar refractivity (Wildman–Crippen MR) is 64.0 cm³/mol. The lowest BCUT2D eigenvalue weighted by Crippen LogP contribution is -1.85. The van der Waals surface area contributed by atoms with Crippen molar-refractivity contribution in [3.8, 4) is 11.3 Å². The van der Waals surface area contributed by atoms with Gasteiger partial charge in [-0.25, -0.2) is 4.98 Å². The molecule has 15 heavy (non-hydrogen) atoms. The highest BCUT2D eigenvalue weighted by Crippen LogP contribution is 2.26. The van der Waals surface area contributed by atoms with E-state index in [0.29, 0.717) is 5.33 Å². The van der Waals surface area contributed by atoms with E-state index in [2.05, 4.69) is 53.0 Å². The highest BCUT2D eigenvalue weighted by molar-refractivity contribution is 9.08. The van der Waals surface area contributed by atoms with Crippen molar-refractivity contribution in [2.45, 2.75) is 19.2 Å². The molecule has 0 saturated heterocycles. The van der Waals surface area contributed by atoms with Crippen LogP contribution in [0.1, 0.15) is 16.8 Å². The molecule has 1 heterocycles. The monoisotopic (exact) mass is 265 g/mol. The molecular weight excluding hydrogens is 254 g/mol. The summed E-state index contributed by atoms with van der Waals surface area (Å²) in [7, 11) is 0. The Balaban J connectivity index is 2.50. The molecule has 0 fully saturated rings. The highest BCUT2D eigenvalue weighted by atomic mass is 79.9. The molecule has 0 bridgehead atoms. The van der Waals surface area contributed by atoms with Gasteiger partial charge in [0.25, 0.3) is 0 Å². The molecule has 1 aromatic heterocycles. The van der Waals surface area contributed by atoms with Crippen LogP contribution in [0, 0.1) is 13.8 Å². The molecule has 2 nitrogen and oxygen atoms in total. The third-order valence-corrected chi connectivity index (χ3v) is 3.07. The molecular formula is C12H12BrNO. The molecule has 2 aromatic rings. The van der Waals surface area contributed by atoms with Crippen LogP contribution in [0.2, 0.25) is 0 Å². The van der Waals surface area contributed by atoms with Crippen LogP contribution in [0.15, 0.2) is 29.0 Å². The molecule has 0 aliphatic heterocycles. The molecule has 0 N–H and O–H groups in total. The van der Waals surface area contributed by atoms with Gasteiger partial charge in [0.2, 0.25) is 0 Å². The quantitative estimate of drug-likeness (QED) is 0.771. The van der Waals surface area contributed by atoms with E-state index < -0.39 is 0 Å². The number of hydrogen-bond acceptors (Lipinski definition) is 2. The van der Waals surface area contributed by atoms with Gasteiger partial charge in [-0.15, -0.1) is 0 Å². The van der Waals surface area contributed by atoms with Crippen molar-refractivity contribution in [3.63, 3.8) is 0 Å². The first kappa shape index (κ1) is 10.4. The van der Waals surface area contributed by atoms with Gasteiger partial charge < -0.3 is 4.42 Å². The Morgan fingerprint density at radius 3 is 2.73 bits per heavy atom. The fraction of sp³-hybridized carbons (Fsp3) is 0.250. The number of aryl methyl sites for hydroxylation is 2. The Hall–Kier alpha value is -1.09. The van der Waals surface area contributed by atoms with Crippen LogP contribution in [0.3, 0.4) is 0 Å². The third kappa shape index (κ3) is 1.97. The van der Waals surface area contributed by atoms with E-state index in [9.17, 15) is 0 Å². The second-order valence-corrected chi connectivity index (χ2v) is 4.12. The number of hydrogen-bond donors (Lipinski definition) is 0. The number of nitrogens with zero attached hydrogens (tertiary/aromatic N) is 1. The lowest BCUT2D eigenvalue weighted by molar-refractivity contribution is 0.571. The van der Waals surface area contributed by atoms with Gasteiger partial charge in [0, 0.05) is 10.9 Å². The second-order valence-electron chi connectivity index (χ2n) is 3.56. The molecule has 0 amide bonds. The molecule has 0 saturated carbocycles. The van der Waals surface area contributed by atoms with Crippen molar-refractivity contribution in [1.29, 1.82) is 0 Å². The summed E-state index contributed by atoms with van der Waals surface area (Å²) in [6.07, 6.45) is 1.49. The van der Waals surface area contributed by atoms with Crippen LogP contribution in [-0.2, 0) is 5.33 Å². The van der Waals surface area contributed by atoms with Crippen molar-refractivity contribution in [3.05, 3.63) is 41.4 Å². The molecule has 3 heteroatoms. The predicted octanol–water partition coefficient (Wildman–Crippen LogP) is 3.85. The maximum Gasteiger partial charge on any atom is 0.181 e. The van der Waals surface area contributed by atoms with Crippen LogP contribution >= 0.6 is 15.9 Å². The lowest BCUT2D eigenvalue weighted by atomic mass is 10.0. The number of oxazole rings is 1. The molecule has 78 valence electrons. The van der Waals surface area contributed by atoms with Gasteiger partial charge in [0.05, 0.1) is 5.69 Å². The zero-order valence-corrected chi connectivity index (χ0v) is 10.3. The van der Waals surface area contributed by atoms with E-state index in [4.69, 9.17) is 4.42 Å². The fourth-order valence-corrected chi connectivity index (χ4v) is 1.88. The maximum atomic E-state index is 5.40.